The van der Waals surface area contributed by atoms with Crippen molar-refractivity contribution in [1.29, 1.82) is 0 Å². The van der Waals surface area contributed by atoms with E-state index in [1.54, 1.807) is 6.07 Å². The lowest BCUT2D eigenvalue weighted by atomic mass is 9.86. The number of methoxy groups -OCH3 is 1. The molecule has 29 heavy (non-hydrogen) atoms. The number of rotatable bonds is 3. The fourth-order valence-electron chi connectivity index (χ4n) is 4.04. The molecule has 152 valence electrons. The minimum atomic E-state index is -0.421. The summed E-state index contributed by atoms with van der Waals surface area (Å²) in [6, 6.07) is 3.57. The van der Waals surface area contributed by atoms with E-state index in [1.165, 1.54) is 14.0 Å². The molecule has 4 rings (SSSR count). The van der Waals surface area contributed by atoms with Crippen LogP contribution in [0, 0.1) is 6.92 Å². The molecule has 0 spiro atoms. The molecule has 3 aromatic rings. The number of carbonyl (C=O) groups is 2. The average Bonchev–Trinajstić information content (AvgIpc) is 3.14. The molecule has 0 unspecified atom stereocenters. The van der Waals surface area contributed by atoms with Crippen LogP contribution in [-0.4, -0.2) is 44.7 Å². The lowest BCUT2D eigenvalue weighted by molar-refractivity contribution is -0.147. The summed E-state index contributed by atoms with van der Waals surface area (Å²) < 4.78 is 12.1. The van der Waals surface area contributed by atoms with E-state index in [9.17, 15) is 9.59 Å². The molecule has 0 atom stereocenters. The Labute approximate surface area is 172 Å². The van der Waals surface area contributed by atoms with Gasteiger partial charge < -0.3 is 9.47 Å². The minimum Gasteiger partial charge on any atom is -0.465 e. The minimum absolute atomic E-state index is 0.0465. The Morgan fingerprint density at radius 2 is 1.90 bits per heavy atom. The van der Waals surface area contributed by atoms with E-state index in [0.717, 1.165) is 42.6 Å². The summed E-state index contributed by atoms with van der Waals surface area (Å²) in [5.74, 6) is 0.303. The van der Waals surface area contributed by atoms with Gasteiger partial charge in [0.2, 0.25) is 0 Å². The first-order valence-corrected chi connectivity index (χ1v) is 9.87. The maximum atomic E-state index is 12.0. The molecule has 0 bridgehead atoms. The third kappa shape index (κ3) is 3.53. The van der Waals surface area contributed by atoms with Gasteiger partial charge in [0, 0.05) is 12.8 Å². The maximum absolute atomic E-state index is 12.0. The van der Waals surface area contributed by atoms with Crippen molar-refractivity contribution in [2.24, 2.45) is 0 Å². The molecular formula is C20H21ClN4O4. The number of hydrogen-bond donors (Lipinski definition) is 0. The van der Waals surface area contributed by atoms with Gasteiger partial charge in [0.05, 0.1) is 23.7 Å². The Hall–Kier alpha value is -2.74. The zero-order valence-corrected chi connectivity index (χ0v) is 17.2. The first-order valence-electron chi connectivity index (χ1n) is 9.49. The average molecular weight is 417 g/mol. The Balaban J connectivity index is 1.78. The summed E-state index contributed by atoms with van der Waals surface area (Å²) in [4.78, 5) is 27.7. The number of benzene rings is 1. The Morgan fingerprint density at radius 3 is 2.55 bits per heavy atom. The van der Waals surface area contributed by atoms with E-state index in [4.69, 9.17) is 21.1 Å². The first kappa shape index (κ1) is 19.6. The van der Waals surface area contributed by atoms with E-state index in [1.807, 2.05) is 17.4 Å². The highest BCUT2D eigenvalue weighted by Gasteiger charge is 2.28. The normalized spacial score (nSPS) is 19.4. The van der Waals surface area contributed by atoms with Gasteiger partial charge in [0.1, 0.15) is 11.9 Å². The Bertz CT molecular complexity index is 1120. The van der Waals surface area contributed by atoms with E-state index >= 15 is 0 Å². The maximum Gasteiger partial charge on any atom is 0.338 e. The van der Waals surface area contributed by atoms with Gasteiger partial charge in [-0.1, -0.05) is 11.6 Å². The fourth-order valence-corrected chi connectivity index (χ4v) is 4.25. The molecule has 1 saturated carbocycles. The van der Waals surface area contributed by atoms with Gasteiger partial charge in [0.25, 0.3) is 0 Å². The molecular weight excluding hydrogens is 396 g/mol. The number of hydrogen-bond acceptors (Lipinski definition) is 7. The summed E-state index contributed by atoms with van der Waals surface area (Å²) in [6.45, 7) is 3.28. The van der Waals surface area contributed by atoms with Gasteiger partial charge in [-0.2, -0.15) is 0 Å². The second-order valence-corrected chi connectivity index (χ2v) is 7.71. The molecule has 9 heteroatoms. The van der Waals surface area contributed by atoms with Crippen molar-refractivity contribution >= 4 is 40.2 Å². The van der Waals surface area contributed by atoms with Crippen LogP contribution >= 0.6 is 11.6 Å². The van der Waals surface area contributed by atoms with Crippen LogP contribution in [0.4, 0.5) is 0 Å². The number of fused-ring (bicyclic) bond motifs is 3. The number of nitrogens with zero attached hydrogens (tertiary/aromatic N) is 4. The number of ether oxygens (including phenoxy) is 2. The summed E-state index contributed by atoms with van der Waals surface area (Å²) in [7, 11) is 1.35. The van der Waals surface area contributed by atoms with Crippen LogP contribution in [0.5, 0.6) is 0 Å². The lowest BCUT2D eigenvalue weighted by Gasteiger charge is -2.27. The molecule has 0 amide bonds. The second kappa shape index (κ2) is 7.59. The van der Waals surface area contributed by atoms with Crippen LogP contribution in [0.1, 0.15) is 60.3 Å². The number of halogens is 1. The van der Waals surface area contributed by atoms with Crippen LogP contribution in [0.25, 0.3) is 16.7 Å². The van der Waals surface area contributed by atoms with Crippen molar-refractivity contribution in [2.45, 2.75) is 51.6 Å². The molecule has 1 fully saturated rings. The van der Waals surface area contributed by atoms with Crippen molar-refractivity contribution in [2.75, 3.05) is 7.11 Å². The van der Waals surface area contributed by atoms with Gasteiger partial charge in [0.15, 0.2) is 10.8 Å². The van der Waals surface area contributed by atoms with Gasteiger partial charge in [-0.25, -0.2) is 9.78 Å². The smallest absolute Gasteiger partial charge is 0.338 e. The summed E-state index contributed by atoms with van der Waals surface area (Å²) in [5.41, 5.74) is 3.06. The highest BCUT2D eigenvalue weighted by Crippen LogP contribution is 2.35. The van der Waals surface area contributed by atoms with Gasteiger partial charge >= 0.3 is 11.9 Å². The second-order valence-electron chi connectivity index (χ2n) is 7.35. The highest BCUT2D eigenvalue weighted by atomic mass is 35.5. The summed E-state index contributed by atoms with van der Waals surface area (Å²) >= 11 is 6.37. The Morgan fingerprint density at radius 1 is 1.17 bits per heavy atom. The van der Waals surface area contributed by atoms with Crippen LogP contribution < -0.4 is 0 Å². The molecule has 8 nitrogen and oxygen atoms in total. The largest absolute Gasteiger partial charge is 0.465 e. The van der Waals surface area contributed by atoms with Crippen molar-refractivity contribution in [3.8, 4) is 0 Å². The number of carbonyl (C=O) groups excluding carboxylic acids is 2. The summed E-state index contributed by atoms with van der Waals surface area (Å²) in [5, 5.41) is 8.89. The van der Waals surface area contributed by atoms with Crippen molar-refractivity contribution in [3.63, 3.8) is 0 Å². The van der Waals surface area contributed by atoms with Crippen LogP contribution in [0.2, 0.25) is 5.15 Å². The van der Waals surface area contributed by atoms with E-state index < -0.39 is 5.97 Å². The van der Waals surface area contributed by atoms with E-state index in [0.29, 0.717) is 16.7 Å². The van der Waals surface area contributed by atoms with Gasteiger partial charge in [-0.15, -0.1) is 10.2 Å². The molecule has 1 aromatic carbocycles. The SMILES string of the molecule is COC(=O)c1cc2nc(Cl)c3nnc([C@H]4CC[C@H](OC(C)=O)CC4)n3c2cc1C. The Kier molecular flexibility index (Phi) is 5.12. The van der Waals surface area contributed by atoms with Crippen LogP contribution in [0.3, 0.4) is 0 Å². The third-order valence-corrected chi connectivity index (χ3v) is 5.68. The summed E-state index contributed by atoms with van der Waals surface area (Å²) in [6.07, 6.45) is 3.18. The van der Waals surface area contributed by atoms with E-state index in [-0.39, 0.29) is 23.1 Å². The van der Waals surface area contributed by atoms with Gasteiger partial charge in [-0.05, 0) is 50.3 Å². The fraction of sp³-hybridized carbons (Fsp3) is 0.450. The predicted octanol–water partition coefficient (Wildman–Crippen LogP) is 3.62. The topological polar surface area (TPSA) is 95.7 Å². The third-order valence-electron chi connectivity index (χ3n) is 5.43. The molecule has 0 radical (unpaired) electrons. The molecule has 0 N–H and O–H groups in total. The van der Waals surface area contributed by atoms with Crippen molar-refractivity contribution in [3.05, 3.63) is 34.2 Å². The standard InChI is InChI=1S/C20H21ClN4O4/c1-10-8-16-15(9-14(10)20(27)28-3)22-17(21)19-24-23-18(25(16)19)12-4-6-13(7-5-12)29-11(2)26/h8-9,12-13H,4-7H2,1-3H3/t12-,13-. The number of aromatic nitrogens is 4. The molecule has 1 aliphatic rings. The highest BCUT2D eigenvalue weighted by molar-refractivity contribution is 6.32. The quantitative estimate of drug-likeness (QED) is 0.601. The number of esters is 2. The van der Waals surface area contributed by atoms with Gasteiger partial charge in [-0.3, -0.25) is 9.20 Å². The molecule has 1 aliphatic carbocycles. The van der Waals surface area contributed by atoms with Crippen LogP contribution in [-0.2, 0) is 14.3 Å². The number of aryl methyl sites for hydroxylation is 1. The molecule has 2 heterocycles. The molecule has 0 aliphatic heterocycles. The first-order chi connectivity index (χ1) is 13.9. The predicted molar refractivity (Wildman–Crippen MR) is 106 cm³/mol. The van der Waals surface area contributed by atoms with Crippen molar-refractivity contribution in [1.82, 2.24) is 19.6 Å². The van der Waals surface area contributed by atoms with E-state index in [2.05, 4.69) is 15.2 Å². The zero-order valence-electron chi connectivity index (χ0n) is 16.4. The van der Waals surface area contributed by atoms with Crippen LogP contribution in [0.15, 0.2) is 12.1 Å². The molecule has 2 aromatic heterocycles. The van der Waals surface area contributed by atoms with Crippen molar-refractivity contribution < 1.29 is 19.1 Å². The monoisotopic (exact) mass is 416 g/mol. The lowest BCUT2D eigenvalue weighted by Crippen LogP contribution is -2.23. The molecule has 0 saturated heterocycles. The zero-order chi connectivity index (χ0) is 20.7.